The smallest absolute Gasteiger partial charge is 0.0748 e. The van der Waals surface area contributed by atoms with Crippen LogP contribution in [0.15, 0.2) is 17.6 Å². The van der Waals surface area contributed by atoms with Crippen molar-refractivity contribution in [1.29, 1.82) is 0 Å². The minimum Gasteiger partial charge on any atom is -0.296 e. The molecule has 3 atom stereocenters. The van der Waals surface area contributed by atoms with E-state index in [4.69, 9.17) is 0 Å². The molecule has 3 heteroatoms. The molecule has 0 bridgehead atoms. The molecule has 0 aromatic carbocycles. The first-order valence-electron chi connectivity index (χ1n) is 4.33. The van der Waals surface area contributed by atoms with Gasteiger partial charge in [0, 0.05) is 18.0 Å². The lowest BCUT2D eigenvalue weighted by atomic mass is 10.1. The van der Waals surface area contributed by atoms with Crippen molar-refractivity contribution in [2.24, 2.45) is 4.99 Å². The van der Waals surface area contributed by atoms with Gasteiger partial charge in [0.15, 0.2) is 0 Å². The standard InChI is InChI=1S/C9H14N2S/c1-3-9-11(2)7-6-10-5-4-8(7)12-9/h3,6-9H,1,4-5H2,2H3. The summed E-state index contributed by atoms with van der Waals surface area (Å²) < 4.78 is 0. The highest BCUT2D eigenvalue weighted by Crippen LogP contribution is 2.37. The van der Waals surface area contributed by atoms with E-state index in [1.54, 1.807) is 0 Å². The van der Waals surface area contributed by atoms with Gasteiger partial charge < -0.3 is 0 Å². The highest BCUT2D eigenvalue weighted by atomic mass is 32.2. The molecule has 0 spiro atoms. The second-order valence-corrected chi connectivity index (χ2v) is 4.66. The van der Waals surface area contributed by atoms with E-state index in [2.05, 4.69) is 29.7 Å². The highest BCUT2D eigenvalue weighted by Gasteiger charge is 2.37. The molecule has 2 heterocycles. The SMILES string of the molecule is C=CC1SC2CCN=CC2N1C. The Morgan fingerprint density at radius 1 is 1.75 bits per heavy atom. The van der Waals surface area contributed by atoms with Gasteiger partial charge in [-0.25, -0.2) is 0 Å². The number of aliphatic imine (C=N–C) groups is 1. The quantitative estimate of drug-likeness (QED) is 0.569. The van der Waals surface area contributed by atoms with E-state index in [1.165, 1.54) is 6.42 Å². The van der Waals surface area contributed by atoms with Gasteiger partial charge in [0.25, 0.3) is 0 Å². The van der Waals surface area contributed by atoms with Crippen LogP contribution in [0.25, 0.3) is 0 Å². The van der Waals surface area contributed by atoms with Crippen LogP contribution in [-0.4, -0.2) is 41.4 Å². The predicted octanol–water partition coefficient (Wildman–Crippen LogP) is 1.39. The van der Waals surface area contributed by atoms with Crippen LogP contribution in [0.4, 0.5) is 0 Å². The molecule has 0 aliphatic carbocycles. The zero-order valence-electron chi connectivity index (χ0n) is 7.31. The Bertz CT molecular complexity index is 215. The van der Waals surface area contributed by atoms with Gasteiger partial charge in [0.2, 0.25) is 0 Å². The maximum atomic E-state index is 4.32. The van der Waals surface area contributed by atoms with Gasteiger partial charge in [-0.15, -0.1) is 18.3 Å². The summed E-state index contributed by atoms with van der Waals surface area (Å²) in [4.78, 5) is 6.68. The molecule has 1 fully saturated rings. The third-order valence-corrected chi connectivity index (χ3v) is 4.24. The van der Waals surface area contributed by atoms with Crippen molar-refractivity contribution < 1.29 is 0 Å². The first kappa shape index (κ1) is 8.32. The minimum atomic E-state index is 0.490. The Hall–Kier alpha value is -0.280. The maximum absolute atomic E-state index is 4.32. The Balaban J connectivity index is 2.15. The van der Waals surface area contributed by atoms with Crippen LogP contribution >= 0.6 is 11.8 Å². The van der Waals surface area contributed by atoms with Crippen molar-refractivity contribution in [2.45, 2.75) is 23.1 Å². The average molecular weight is 182 g/mol. The second-order valence-electron chi connectivity index (χ2n) is 3.30. The van der Waals surface area contributed by atoms with E-state index in [0.717, 1.165) is 11.8 Å². The van der Waals surface area contributed by atoms with Crippen molar-refractivity contribution >= 4 is 18.0 Å². The van der Waals surface area contributed by atoms with Crippen LogP contribution in [0, 0.1) is 0 Å². The molecular formula is C9H14N2S. The summed E-state index contributed by atoms with van der Waals surface area (Å²) in [7, 11) is 2.15. The van der Waals surface area contributed by atoms with Crippen LogP contribution in [0.5, 0.6) is 0 Å². The molecule has 0 amide bonds. The van der Waals surface area contributed by atoms with Crippen molar-refractivity contribution in [3.8, 4) is 0 Å². The van der Waals surface area contributed by atoms with E-state index in [0.29, 0.717) is 11.4 Å². The Kier molecular flexibility index (Phi) is 2.24. The number of rotatable bonds is 1. The number of likely N-dealkylation sites (N-methyl/N-ethyl adjacent to an activating group) is 1. The molecule has 66 valence electrons. The summed E-state index contributed by atoms with van der Waals surface area (Å²) in [6.45, 7) is 4.85. The third kappa shape index (κ3) is 1.21. The highest BCUT2D eigenvalue weighted by molar-refractivity contribution is 8.01. The fourth-order valence-electron chi connectivity index (χ4n) is 1.83. The monoisotopic (exact) mass is 182 g/mol. The van der Waals surface area contributed by atoms with Crippen LogP contribution < -0.4 is 0 Å². The number of nitrogens with zero attached hydrogens (tertiary/aromatic N) is 2. The summed E-state index contributed by atoms with van der Waals surface area (Å²) in [5.41, 5.74) is 0. The molecule has 0 aromatic rings. The summed E-state index contributed by atoms with van der Waals surface area (Å²) in [6.07, 6.45) is 5.35. The first-order chi connectivity index (χ1) is 5.83. The normalized spacial score (nSPS) is 41.2. The van der Waals surface area contributed by atoms with Crippen molar-refractivity contribution in [3.05, 3.63) is 12.7 Å². The first-order valence-corrected chi connectivity index (χ1v) is 5.27. The maximum Gasteiger partial charge on any atom is 0.0748 e. The van der Waals surface area contributed by atoms with Gasteiger partial charge in [-0.1, -0.05) is 6.08 Å². The van der Waals surface area contributed by atoms with Crippen molar-refractivity contribution in [1.82, 2.24) is 4.90 Å². The molecule has 2 aliphatic rings. The van der Waals surface area contributed by atoms with Crippen LogP contribution in [0.3, 0.4) is 0 Å². The lowest BCUT2D eigenvalue weighted by Gasteiger charge is -2.23. The average Bonchev–Trinajstić information content (AvgIpc) is 2.44. The lowest BCUT2D eigenvalue weighted by molar-refractivity contribution is 0.322. The molecule has 2 nitrogen and oxygen atoms in total. The molecule has 0 aromatic heterocycles. The number of thioether (sulfide) groups is 1. The van der Waals surface area contributed by atoms with E-state index in [-0.39, 0.29) is 0 Å². The molecular weight excluding hydrogens is 168 g/mol. The molecule has 3 unspecified atom stereocenters. The third-order valence-electron chi connectivity index (χ3n) is 2.57. The molecule has 2 rings (SSSR count). The summed E-state index contributed by atoms with van der Waals surface area (Å²) in [5.74, 6) is 0. The van der Waals surface area contributed by atoms with E-state index in [1.807, 2.05) is 17.8 Å². The zero-order valence-corrected chi connectivity index (χ0v) is 8.13. The van der Waals surface area contributed by atoms with Gasteiger partial charge in [0.05, 0.1) is 11.4 Å². The van der Waals surface area contributed by atoms with Gasteiger partial charge >= 0.3 is 0 Å². The van der Waals surface area contributed by atoms with Gasteiger partial charge in [-0.05, 0) is 13.5 Å². The van der Waals surface area contributed by atoms with Crippen molar-refractivity contribution in [2.75, 3.05) is 13.6 Å². The van der Waals surface area contributed by atoms with Crippen LogP contribution in [-0.2, 0) is 0 Å². The molecule has 0 N–H and O–H groups in total. The second kappa shape index (κ2) is 3.23. The number of fused-ring (bicyclic) bond motifs is 1. The fourth-order valence-corrected chi connectivity index (χ4v) is 3.30. The van der Waals surface area contributed by atoms with E-state index in [9.17, 15) is 0 Å². The number of hydrogen-bond acceptors (Lipinski definition) is 3. The summed E-state index contributed by atoms with van der Waals surface area (Å²) in [6, 6.07) is 0.548. The summed E-state index contributed by atoms with van der Waals surface area (Å²) >= 11 is 2.02. The van der Waals surface area contributed by atoms with Crippen molar-refractivity contribution in [3.63, 3.8) is 0 Å². The summed E-state index contributed by atoms with van der Waals surface area (Å²) in [5, 5.41) is 1.24. The van der Waals surface area contributed by atoms with E-state index < -0.39 is 0 Å². The molecule has 1 saturated heterocycles. The molecule has 0 saturated carbocycles. The van der Waals surface area contributed by atoms with Gasteiger partial charge in [-0.3, -0.25) is 9.89 Å². The van der Waals surface area contributed by atoms with Crippen LogP contribution in [0.1, 0.15) is 6.42 Å². The zero-order chi connectivity index (χ0) is 8.55. The van der Waals surface area contributed by atoms with Gasteiger partial charge in [-0.2, -0.15) is 0 Å². The largest absolute Gasteiger partial charge is 0.296 e. The van der Waals surface area contributed by atoms with E-state index >= 15 is 0 Å². The predicted molar refractivity (Wildman–Crippen MR) is 54.9 cm³/mol. The fraction of sp³-hybridized carbons (Fsp3) is 0.667. The van der Waals surface area contributed by atoms with Crippen LogP contribution in [0.2, 0.25) is 0 Å². The topological polar surface area (TPSA) is 15.6 Å². The Morgan fingerprint density at radius 2 is 2.58 bits per heavy atom. The molecule has 0 radical (unpaired) electrons. The lowest BCUT2D eigenvalue weighted by Crippen LogP contribution is -2.38. The van der Waals surface area contributed by atoms with Gasteiger partial charge in [0.1, 0.15) is 0 Å². The number of hydrogen-bond donors (Lipinski definition) is 0. The molecule has 2 aliphatic heterocycles. The minimum absolute atomic E-state index is 0.490. The molecule has 12 heavy (non-hydrogen) atoms. The Labute approximate surface area is 77.7 Å². The Morgan fingerprint density at radius 3 is 3.25 bits per heavy atom.